The van der Waals surface area contributed by atoms with Crippen LogP contribution in [0.2, 0.25) is 0 Å². The van der Waals surface area contributed by atoms with Crippen molar-refractivity contribution in [1.82, 2.24) is 14.3 Å². The van der Waals surface area contributed by atoms with Gasteiger partial charge in [0.1, 0.15) is 4.90 Å². The zero-order valence-corrected chi connectivity index (χ0v) is 19.6. The number of sulfonamides is 1. The van der Waals surface area contributed by atoms with Crippen LogP contribution in [0.1, 0.15) is 51.9 Å². The number of aromatic amines is 1. The number of ketones is 1. The van der Waals surface area contributed by atoms with E-state index in [1.807, 2.05) is 0 Å². The molecule has 1 aliphatic rings. The fourth-order valence-electron chi connectivity index (χ4n) is 3.85. The number of hydrogen-bond donors (Lipinski definition) is 1. The third-order valence-electron chi connectivity index (χ3n) is 5.60. The lowest BCUT2D eigenvalue weighted by molar-refractivity contribution is -0.148. The molecule has 0 atom stereocenters. The highest BCUT2D eigenvalue weighted by atomic mass is 32.2. The average molecular weight is 478 g/mol. The number of rotatable bonds is 8. The number of ether oxygens (including phenoxy) is 2. The van der Waals surface area contributed by atoms with Crippen LogP contribution in [0, 0.1) is 19.8 Å². The zero-order valence-electron chi connectivity index (χ0n) is 18.8. The topological polar surface area (TPSA) is 136 Å². The van der Waals surface area contributed by atoms with E-state index < -0.39 is 40.3 Å². The van der Waals surface area contributed by atoms with E-state index in [4.69, 9.17) is 9.47 Å². The van der Waals surface area contributed by atoms with Gasteiger partial charge in [0.2, 0.25) is 15.8 Å². The molecular weight excluding hydrogens is 450 g/mol. The molecule has 10 nitrogen and oxygen atoms in total. The maximum Gasteiger partial charge on any atom is 0.340 e. The molecule has 1 fully saturated rings. The third-order valence-corrected chi connectivity index (χ3v) is 7.48. The van der Waals surface area contributed by atoms with Gasteiger partial charge in [-0.2, -0.15) is 4.31 Å². The molecule has 0 aliphatic carbocycles. The Morgan fingerprint density at radius 2 is 1.88 bits per heavy atom. The standard InChI is InChI=1S/C22H27N3O7S/c1-4-31-22(28)19-14(2)20(24-15(19)3)18(26)13-32-21(27)16-7-10-25(11-8-16)33(29,30)17-6-5-9-23-12-17/h5-6,9,12,16,24H,4,7-8,10-11,13H2,1-3H3. The van der Waals surface area contributed by atoms with Gasteiger partial charge < -0.3 is 14.5 Å². The number of nitrogens with zero attached hydrogens (tertiary/aromatic N) is 2. The Morgan fingerprint density at radius 1 is 1.18 bits per heavy atom. The molecule has 33 heavy (non-hydrogen) atoms. The van der Waals surface area contributed by atoms with Crippen LogP contribution < -0.4 is 0 Å². The van der Waals surface area contributed by atoms with Gasteiger partial charge in [-0.25, -0.2) is 13.2 Å². The summed E-state index contributed by atoms with van der Waals surface area (Å²) in [5.74, 6) is -2.03. The first-order chi connectivity index (χ1) is 15.7. The predicted octanol–water partition coefficient (Wildman–Crippen LogP) is 2.03. The van der Waals surface area contributed by atoms with Crippen molar-refractivity contribution in [2.24, 2.45) is 5.92 Å². The summed E-state index contributed by atoms with van der Waals surface area (Å²) in [6, 6.07) is 3.03. The van der Waals surface area contributed by atoms with Crippen LogP contribution in [0.15, 0.2) is 29.4 Å². The summed E-state index contributed by atoms with van der Waals surface area (Å²) in [5.41, 5.74) is 1.44. The number of carbonyl (C=O) groups is 3. The molecule has 178 valence electrons. The Balaban J connectivity index is 1.56. The SMILES string of the molecule is CCOC(=O)c1c(C)[nH]c(C(=O)COC(=O)C2CCN(S(=O)(=O)c3cccnc3)CC2)c1C. The van der Waals surface area contributed by atoms with Crippen molar-refractivity contribution in [2.75, 3.05) is 26.3 Å². The Hall–Kier alpha value is -3.05. The summed E-state index contributed by atoms with van der Waals surface area (Å²) in [4.78, 5) is 44.0. The number of hydrogen-bond acceptors (Lipinski definition) is 8. The molecule has 3 heterocycles. The lowest BCUT2D eigenvalue weighted by atomic mass is 9.98. The first kappa shape index (κ1) is 24.6. The molecule has 0 amide bonds. The van der Waals surface area contributed by atoms with Crippen molar-refractivity contribution in [3.05, 3.63) is 47.0 Å². The summed E-state index contributed by atoms with van der Waals surface area (Å²) < 4.78 is 36.9. The molecular formula is C22H27N3O7S. The van der Waals surface area contributed by atoms with Gasteiger partial charge in [-0.05, 0) is 51.3 Å². The van der Waals surface area contributed by atoms with Gasteiger partial charge >= 0.3 is 11.9 Å². The molecule has 0 bridgehead atoms. The van der Waals surface area contributed by atoms with E-state index in [-0.39, 0.29) is 30.3 Å². The van der Waals surface area contributed by atoms with Crippen molar-refractivity contribution in [3.63, 3.8) is 0 Å². The van der Waals surface area contributed by atoms with Crippen LogP contribution >= 0.6 is 0 Å². The molecule has 3 rings (SSSR count). The van der Waals surface area contributed by atoms with E-state index in [0.29, 0.717) is 29.7 Å². The van der Waals surface area contributed by atoms with E-state index in [1.54, 1.807) is 26.8 Å². The summed E-state index contributed by atoms with van der Waals surface area (Å²) in [6.45, 7) is 5.06. The van der Waals surface area contributed by atoms with Gasteiger partial charge in [0, 0.05) is 31.2 Å². The van der Waals surface area contributed by atoms with E-state index in [2.05, 4.69) is 9.97 Å². The number of piperidine rings is 1. The number of H-pyrrole nitrogens is 1. The van der Waals surface area contributed by atoms with Crippen LogP contribution in [0.5, 0.6) is 0 Å². The lowest BCUT2D eigenvalue weighted by Crippen LogP contribution is -2.40. The molecule has 0 saturated carbocycles. The monoisotopic (exact) mass is 477 g/mol. The van der Waals surface area contributed by atoms with Gasteiger partial charge in [-0.1, -0.05) is 0 Å². The minimum absolute atomic E-state index is 0.107. The normalized spacial score (nSPS) is 15.2. The number of nitrogens with one attached hydrogen (secondary N) is 1. The molecule has 0 aromatic carbocycles. The number of pyridine rings is 1. The Kier molecular flexibility index (Phi) is 7.65. The van der Waals surface area contributed by atoms with Crippen molar-refractivity contribution >= 4 is 27.7 Å². The average Bonchev–Trinajstić information content (AvgIpc) is 3.12. The fraction of sp³-hybridized carbons (Fsp3) is 0.455. The highest BCUT2D eigenvalue weighted by Gasteiger charge is 2.33. The molecule has 1 N–H and O–H groups in total. The fourth-order valence-corrected chi connectivity index (χ4v) is 5.28. The van der Waals surface area contributed by atoms with Gasteiger partial charge in [0.25, 0.3) is 0 Å². The summed E-state index contributed by atoms with van der Waals surface area (Å²) in [6.07, 6.45) is 3.37. The lowest BCUT2D eigenvalue weighted by Gasteiger charge is -2.29. The Morgan fingerprint density at radius 3 is 2.48 bits per heavy atom. The van der Waals surface area contributed by atoms with Gasteiger partial charge in [-0.3, -0.25) is 14.6 Å². The second-order valence-corrected chi connectivity index (χ2v) is 9.68. The number of aromatic nitrogens is 2. The Labute approximate surface area is 192 Å². The number of aryl methyl sites for hydroxylation is 1. The molecule has 1 aliphatic heterocycles. The summed E-state index contributed by atoms with van der Waals surface area (Å²) >= 11 is 0. The highest BCUT2D eigenvalue weighted by Crippen LogP contribution is 2.25. The molecule has 1 saturated heterocycles. The highest BCUT2D eigenvalue weighted by molar-refractivity contribution is 7.89. The van der Waals surface area contributed by atoms with E-state index in [9.17, 15) is 22.8 Å². The van der Waals surface area contributed by atoms with Crippen LogP contribution in [0.4, 0.5) is 0 Å². The largest absolute Gasteiger partial charge is 0.462 e. The first-order valence-corrected chi connectivity index (χ1v) is 12.1. The van der Waals surface area contributed by atoms with E-state index >= 15 is 0 Å². The first-order valence-electron chi connectivity index (χ1n) is 10.6. The molecule has 0 unspecified atom stereocenters. The third kappa shape index (κ3) is 5.31. The smallest absolute Gasteiger partial charge is 0.340 e. The summed E-state index contributed by atoms with van der Waals surface area (Å²) in [7, 11) is -3.67. The Bertz CT molecular complexity index is 1130. The van der Waals surface area contributed by atoms with Crippen LogP contribution in [-0.4, -0.2) is 66.7 Å². The molecule has 11 heteroatoms. The number of carbonyl (C=O) groups excluding carboxylic acids is 3. The van der Waals surface area contributed by atoms with Crippen LogP contribution in [-0.2, 0) is 24.3 Å². The van der Waals surface area contributed by atoms with E-state index in [0.717, 1.165) is 0 Å². The van der Waals surface area contributed by atoms with E-state index in [1.165, 1.54) is 22.8 Å². The molecule has 2 aromatic heterocycles. The zero-order chi connectivity index (χ0) is 24.2. The second kappa shape index (κ2) is 10.3. The van der Waals surface area contributed by atoms with Crippen molar-refractivity contribution in [3.8, 4) is 0 Å². The van der Waals surface area contributed by atoms with Gasteiger partial charge in [0.05, 0.1) is 23.8 Å². The quantitative estimate of drug-likeness (QED) is 0.451. The second-order valence-electron chi connectivity index (χ2n) is 7.74. The minimum atomic E-state index is -3.67. The molecule has 2 aromatic rings. The maximum absolute atomic E-state index is 12.7. The van der Waals surface area contributed by atoms with Gasteiger partial charge in [0.15, 0.2) is 6.61 Å². The van der Waals surface area contributed by atoms with Crippen LogP contribution in [0.3, 0.4) is 0 Å². The maximum atomic E-state index is 12.7. The number of Topliss-reactive ketones (excluding diaryl/α,β-unsaturated/α-hetero) is 1. The summed E-state index contributed by atoms with van der Waals surface area (Å²) in [5, 5.41) is 0. The minimum Gasteiger partial charge on any atom is -0.462 e. The van der Waals surface area contributed by atoms with Crippen LogP contribution in [0.25, 0.3) is 0 Å². The van der Waals surface area contributed by atoms with Crippen molar-refractivity contribution in [2.45, 2.75) is 38.5 Å². The predicted molar refractivity (Wildman–Crippen MR) is 117 cm³/mol. The molecule has 0 spiro atoms. The van der Waals surface area contributed by atoms with Crippen molar-refractivity contribution in [1.29, 1.82) is 0 Å². The van der Waals surface area contributed by atoms with Crippen molar-refractivity contribution < 1.29 is 32.3 Å². The molecule has 0 radical (unpaired) electrons. The van der Waals surface area contributed by atoms with Gasteiger partial charge in [-0.15, -0.1) is 0 Å². The number of esters is 2.